The molecule has 0 N–H and O–H groups in total. The SMILES string of the molecule is C=CCSS(=O)(=O)[O-].[Na+]. The summed E-state index contributed by atoms with van der Waals surface area (Å²) in [6.45, 7) is 3.24. The molecule has 0 rings (SSSR count). The van der Waals surface area contributed by atoms with Crippen LogP contribution < -0.4 is 29.6 Å². The smallest absolute Gasteiger partial charge is 0.739 e. The molecule has 0 aromatic rings. The van der Waals surface area contributed by atoms with Crippen LogP contribution in [0.5, 0.6) is 0 Å². The van der Waals surface area contributed by atoms with E-state index in [-0.39, 0.29) is 35.3 Å². The fourth-order valence-electron chi connectivity index (χ4n) is 0.131. The van der Waals surface area contributed by atoms with E-state index >= 15 is 0 Å². The minimum Gasteiger partial charge on any atom is -0.739 e. The van der Waals surface area contributed by atoms with Gasteiger partial charge in [0, 0.05) is 5.75 Å². The minimum atomic E-state index is -4.09. The van der Waals surface area contributed by atoms with E-state index in [4.69, 9.17) is 0 Å². The maximum absolute atomic E-state index is 9.75. The van der Waals surface area contributed by atoms with E-state index in [1.54, 1.807) is 0 Å². The molecular formula is C3H5NaO3S2. The van der Waals surface area contributed by atoms with Gasteiger partial charge >= 0.3 is 29.6 Å². The Morgan fingerprint density at radius 1 is 1.67 bits per heavy atom. The fourth-order valence-corrected chi connectivity index (χ4v) is 1.18. The first-order chi connectivity index (χ1) is 3.56. The monoisotopic (exact) mass is 176 g/mol. The van der Waals surface area contributed by atoms with Crippen LogP contribution in [0, 0.1) is 0 Å². The maximum atomic E-state index is 9.75. The molecule has 3 nitrogen and oxygen atoms in total. The first kappa shape index (κ1) is 12.7. The standard InChI is InChI=1S/C3H6O3S2.Na/c1-2-3-7-8(4,5)6;/h2H,1,3H2,(H,4,5,6);/q;+1/p-1. The van der Waals surface area contributed by atoms with Crippen LogP contribution in [0.2, 0.25) is 0 Å². The van der Waals surface area contributed by atoms with Gasteiger partial charge in [0.2, 0.25) is 0 Å². The van der Waals surface area contributed by atoms with Gasteiger partial charge in [0.1, 0.15) is 9.15 Å². The summed E-state index contributed by atoms with van der Waals surface area (Å²) in [4.78, 5) is 0. The second-order valence-electron chi connectivity index (χ2n) is 0.981. The zero-order valence-corrected chi connectivity index (χ0v) is 8.67. The zero-order valence-electron chi connectivity index (χ0n) is 5.03. The summed E-state index contributed by atoms with van der Waals surface area (Å²) in [6, 6.07) is 0. The zero-order chi connectivity index (χ0) is 6.62. The molecule has 0 atom stereocenters. The van der Waals surface area contributed by atoms with Gasteiger partial charge in [-0.2, -0.15) is 0 Å². The average Bonchev–Trinajstić information content (AvgIpc) is 1.59. The molecule has 0 aromatic heterocycles. The van der Waals surface area contributed by atoms with Gasteiger partial charge in [-0.15, -0.1) is 6.58 Å². The molecule has 0 spiro atoms. The van der Waals surface area contributed by atoms with Crippen molar-refractivity contribution in [2.24, 2.45) is 0 Å². The molecule has 0 amide bonds. The Kier molecular flexibility index (Phi) is 8.10. The van der Waals surface area contributed by atoms with Crippen molar-refractivity contribution in [3.63, 3.8) is 0 Å². The van der Waals surface area contributed by atoms with Crippen molar-refractivity contribution in [2.75, 3.05) is 5.75 Å². The molecule has 0 aliphatic carbocycles. The molecule has 0 aliphatic rings. The van der Waals surface area contributed by atoms with E-state index in [9.17, 15) is 13.0 Å². The molecule has 9 heavy (non-hydrogen) atoms. The average molecular weight is 176 g/mol. The van der Waals surface area contributed by atoms with Gasteiger partial charge in [0.05, 0.1) is 0 Å². The topological polar surface area (TPSA) is 57.2 Å². The van der Waals surface area contributed by atoms with Crippen molar-refractivity contribution in [3.05, 3.63) is 12.7 Å². The van der Waals surface area contributed by atoms with Crippen LogP contribution in [0.3, 0.4) is 0 Å². The fraction of sp³-hybridized carbons (Fsp3) is 0.333. The van der Waals surface area contributed by atoms with Crippen LogP contribution in [0.25, 0.3) is 0 Å². The van der Waals surface area contributed by atoms with Crippen LogP contribution >= 0.6 is 10.8 Å². The van der Waals surface area contributed by atoms with Gasteiger partial charge in [-0.25, -0.2) is 8.42 Å². The Labute approximate surface area is 80.3 Å². The predicted octanol–water partition coefficient (Wildman–Crippen LogP) is -2.63. The number of hydrogen-bond donors (Lipinski definition) is 0. The molecule has 0 unspecified atom stereocenters. The Hall–Kier alpha value is 1.000. The first-order valence-electron chi connectivity index (χ1n) is 1.77. The molecule has 6 heteroatoms. The second-order valence-corrected chi connectivity index (χ2v) is 4.30. The molecule has 0 aromatic carbocycles. The second kappa shape index (κ2) is 5.76. The van der Waals surface area contributed by atoms with Crippen LogP contribution in [-0.4, -0.2) is 18.7 Å². The van der Waals surface area contributed by atoms with E-state index in [0.29, 0.717) is 10.8 Å². The Bertz CT molecular complexity index is 162. The molecule has 0 saturated heterocycles. The van der Waals surface area contributed by atoms with Crippen molar-refractivity contribution < 1.29 is 42.5 Å². The Morgan fingerprint density at radius 3 is 2.22 bits per heavy atom. The summed E-state index contributed by atoms with van der Waals surface area (Å²) in [5, 5.41) is 0. The minimum absolute atomic E-state index is 0. The summed E-state index contributed by atoms with van der Waals surface area (Å²) in [7, 11) is -3.76. The molecule has 0 aliphatic heterocycles. The maximum Gasteiger partial charge on any atom is 1.00 e. The van der Waals surface area contributed by atoms with Gasteiger partial charge in [0.15, 0.2) is 0 Å². The molecule has 48 valence electrons. The van der Waals surface area contributed by atoms with Crippen LogP contribution in [0.4, 0.5) is 0 Å². The van der Waals surface area contributed by atoms with Gasteiger partial charge in [-0.1, -0.05) is 6.08 Å². The third-order valence-electron chi connectivity index (χ3n) is 0.330. The molecular weight excluding hydrogens is 171 g/mol. The molecule has 0 heterocycles. The van der Waals surface area contributed by atoms with E-state index in [1.165, 1.54) is 6.08 Å². The van der Waals surface area contributed by atoms with E-state index in [2.05, 4.69) is 6.58 Å². The predicted molar refractivity (Wildman–Crippen MR) is 32.4 cm³/mol. The van der Waals surface area contributed by atoms with Crippen LogP contribution in [0.15, 0.2) is 12.7 Å². The van der Waals surface area contributed by atoms with Crippen molar-refractivity contribution in [1.29, 1.82) is 0 Å². The largest absolute Gasteiger partial charge is 1.00 e. The molecule has 0 saturated carbocycles. The third-order valence-corrected chi connectivity index (χ3v) is 2.26. The molecule has 0 fully saturated rings. The third kappa shape index (κ3) is 12.2. The van der Waals surface area contributed by atoms with Crippen molar-refractivity contribution in [1.82, 2.24) is 0 Å². The van der Waals surface area contributed by atoms with Crippen LogP contribution in [-0.2, 0) is 9.15 Å². The van der Waals surface area contributed by atoms with Crippen molar-refractivity contribution in [2.45, 2.75) is 0 Å². The van der Waals surface area contributed by atoms with E-state index in [0.717, 1.165) is 0 Å². The van der Waals surface area contributed by atoms with Crippen LogP contribution in [0.1, 0.15) is 0 Å². The summed E-state index contributed by atoms with van der Waals surface area (Å²) < 4.78 is 29.2. The van der Waals surface area contributed by atoms with E-state index in [1.807, 2.05) is 0 Å². The quantitative estimate of drug-likeness (QED) is 0.204. The van der Waals surface area contributed by atoms with Crippen molar-refractivity contribution >= 4 is 19.9 Å². The number of hydrogen-bond acceptors (Lipinski definition) is 4. The van der Waals surface area contributed by atoms with Gasteiger partial charge < -0.3 is 4.55 Å². The Morgan fingerprint density at radius 2 is 2.11 bits per heavy atom. The Balaban J connectivity index is 0. The first-order valence-corrected chi connectivity index (χ1v) is 4.68. The summed E-state index contributed by atoms with van der Waals surface area (Å²) >= 11 is 0. The van der Waals surface area contributed by atoms with Gasteiger partial charge in [-0.05, 0) is 10.8 Å². The summed E-state index contributed by atoms with van der Waals surface area (Å²) in [5.41, 5.74) is 0. The molecule has 0 bridgehead atoms. The summed E-state index contributed by atoms with van der Waals surface area (Å²) in [5.74, 6) is 0.159. The molecule has 0 radical (unpaired) electrons. The van der Waals surface area contributed by atoms with Gasteiger partial charge in [0.25, 0.3) is 0 Å². The van der Waals surface area contributed by atoms with E-state index < -0.39 is 9.15 Å². The van der Waals surface area contributed by atoms with Gasteiger partial charge in [-0.3, -0.25) is 0 Å². The number of rotatable bonds is 3. The summed E-state index contributed by atoms with van der Waals surface area (Å²) in [6.07, 6.45) is 1.36. The normalized spacial score (nSPS) is 9.89. The van der Waals surface area contributed by atoms with Crippen molar-refractivity contribution in [3.8, 4) is 0 Å².